The minimum atomic E-state index is -0.703. The van der Waals surface area contributed by atoms with Gasteiger partial charge in [0.25, 0.3) is 0 Å². The number of carbonyl (C=O) groups is 1. The number of carboxylic acids is 1. The highest BCUT2D eigenvalue weighted by Gasteiger charge is 2.32. The maximum Gasteiger partial charge on any atom is 0.309 e. The third kappa shape index (κ3) is 5.38. The Morgan fingerprint density at radius 3 is 2.19 bits per heavy atom. The van der Waals surface area contributed by atoms with Crippen LogP contribution in [-0.2, 0) is 22.8 Å². The molecule has 31 heavy (non-hydrogen) atoms. The van der Waals surface area contributed by atoms with Crippen LogP contribution in [0.25, 0.3) is 11.1 Å². The molecule has 0 saturated carbocycles. The number of likely N-dealkylation sites (tertiary alicyclic amines) is 1. The van der Waals surface area contributed by atoms with Crippen molar-refractivity contribution in [3.05, 3.63) is 95.6 Å². The number of aliphatic carboxylic acids is 1. The number of nitrogens with zero attached hydrogens (tertiary/aromatic N) is 2. The predicted octanol–water partition coefficient (Wildman–Crippen LogP) is 4.81. The number of benzene rings is 3. The fourth-order valence-corrected chi connectivity index (χ4v) is 3.65. The lowest BCUT2D eigenvalue weighted by molar-refractivity contribution is -0.147. The van der Waals surface area contributed by atoms with E-state index in [1.807, 2.05) is 37.3 Å². The van der Waals surface area contributed by atoms with Gasteiger partial charge in [-0.1, -0.05) is 84.0 Å². The van der Waals surface area contributed by atoms with Crippen LogP contribution in [0.4, 0.5) is 0 Å². The lowest BCUT2D eigenvalue weighted by Gasteiger charge is -2.36. The first kappa shape index (κ1) is 20.8. The molecule has 1 fully saturated rings. The molecule has 0 radical (unpaired) electrons. The minimum absolute atomic E-state index is 0.222. The first-order chi connectivity index (χ1) is 15.1. The molecule has 3 aromatic carbocycles. The smallest absolute Gasteiger partial charge is 0.309 e. The van der Waals surface area contributed by atoms with Crippen LogP contribution in [0.2, 0.25) is 0 Å². The average molecular weight is 415 g/mol. The van der Waals surface area contributed by atoms with Gasteiger partial charge >= 0.3 is 5.97 Å². The van der Waals surface area contributed by atoms with E-state index in [0.717, 1.165) is 23.4 Å². The van der Waals surface area contributed by atoms with Gasteiger partial charge < -0.3 is 9.94 Å². The Morgan fingerprint density at radius 1 is 0.935 bits per heavy atom. The Bertz CT molecular complexity index is 1040. The van der Waals surface area contributed by atoms with Crippen LogP contribution in [0.3, 0.4) is 0 Å². The second-order valence-electron chi connectivity index (χ2n) is 7.94. The molecule has 1 aliphatic rings. The molecule has 5 nitrogen and oxygen atoms in total. The molecule has 0 unspecified atom stereocenters. The van der Waals surface area contributed by atoms with Crippen LogP contribution < -0.4 is 0 Å². The standard InChI is InChI=1S/C26H26N2O3/c1-19(22-11-7-20(8-12-22)15-28-16-25(17-28)26(29)30)27-31-18-21-9-13-24(14-10-21)23-5-3-2-4-6-23/h2-14,25H,15-18H2,1H3,(H,29,30)/b27-19+. The summed E-state index contributed by atoms with van der Waals surface area (Å²) >= 11 is 0. The molecule has 0 spiro atoms. The Labute approximate surface area is 182 Å². The largest absolute Gasteiger partial charge is 0.481 e. The van der Waals surface area contributed by atoms with E-state index in [-0.39, 0.29) is 5.92 Å². The molecule has 4 rings (SSSR count). The summed E-state index contributed by atoms with van der Waals surface area (Å²) in [6.07, 6.45) is 0. The summed E-state index contributed by atoms with van der Waals surface area (Å²) in [6, 6.07) is 26.8. The fourth-order valence-electron chi connectivity index (χ4n) is 3.65. The van der Waals surface area contributed by atoms with E-state index in [9.17, 15) is 4.79 Å². The molecule has 0 aliphatic carbocycles. The van der Waals surface area contributed by atoms with Gasteiger partial charge in [0.15, 0.2) is 0 Å². The van der Waals surface area contributed by atoms with E-state index in [1.165, 1.54) is 16.7 Å². The maximum atomic E-state index is 10.9. The van der Waals surface area contributed by atoms with Gasteiger partial charge in [-0.15, -0.1) is 0 Å². The first-order valence-electron chi connectivity index (χ1n) is 10.4. The van der Waals surface area contributed by atoms with Crippen molar-refractivity contribution in [3.8, 4) is 11.1 Å². The van der Waals surface area contributed by atoms with E-state index in [0.29, 0.717) is 19.7 Å². The molecular formula is C26H26N2O3. The quantitative estimate of drug-likeness (QED) is 0.424. The second kappa shape index (κ2) is 9.58. The summed E-state index contributed by atoms with van der Waals surface area (Å²) in [5.74, 6) is -0.925. The number of hydrogen-bond acceptors (Lipinski definition) is 4. The summed E-state index contributed by atoms with van der Waals surface area (Å²) in [5.41, 5.74) is 6.45. The minimum Gasteiger partial charge on any atom is -0.481 e. The SMILES string of the molecule is C/C(=N\OCc1ccc(-c2ccccc2)cc1)c1ccc(CN2CC(C(=O)O)C2)cc1. The van der Waals surface area contributed by atoms with E-state index in [4.69, 9.17) is 9.94 Å². The number of carboxylic acid groups (broad SMARTS) is 1. The predicted molar refractivity (Wildman–Crippen MR) is 122 cm³/mol. The fraction of sp³-hybridized carbons (Fsp3) is 0.231. The zero-order valence-electron chi connectivity index (χ0n) is 17.6. The third-order valence-corrected chi connectivity index (χ3v) is 5.58. The highest BCUT2D eigenvalue weighted by atomic mass is 16.6. The van der Waals surface area contributed by atoms with E-state index < -0.39 is 5.97 Å². The molecular weight excluding hydrogens is 388 g/mol. The lowest BCUT2D eigenvalue weighted by atomic mass is 9.99. The van der Waals surface area contributed by atoms with Crippen molar-refractivity contribution in [3.63, 3.8) is 0 Å². The van der Waals surface area contributed by atoms with Crippen molar-refractivity contribution in [2.24, 2.45) is 11.1 Å². The Balaban J connectivity index is 1.27. The van der Waals surface area contributed by atoms with Gasteiger partial charge in [0.2, 0.25) is 0 Å². The van der Waals surface area contributed by atoms with Crippen molar-refractivity contribution in [2.75, 3.05) is 13.1 Å². The van der Waals surface area contributed by atoms with Gasteiger partial charge in [-0.05, 0) is 34.7 Å². The van der Waals surface area contributed by atoms with Gasteiger partial charge in [-0.3, -0.25) is 9.69 Å². The molecule has 1 N–H and O–H groups in total. The summed E-state index contributed by atoms with van der Waals surface area (Å²) in [4.78, 5) is 18.6. The Hall–Kier alpha value is -3.44. The van der Waals surface area contributed by atoms with Crippen LogP contribution in [0.5, 0.6) is 0 Å². The van der Waals surface area contributed by atoms with Gasteiger partial charge in [-0.25, -0.2) is 0 Å². The third-order valence-electron chi connectivity index (χ3n) is 5.58. The normalized spacial score (nSPS) is 14.8. The van der Waals surface area contributed by atoms with Crippen LogP contribution in [0, 0.1) is 5.92 Å². The van der Waals surface area contributed by atoms with Gasteiger partial charge in [-0.2, -0.15) is 0 Å². The van der Waals surface area contributed by atoms with Crippen molar-refractivity contribution in [1.82, 2.24) is 4.90 Å². The molecule has 1 heterocycles. The van der Waals surface area contributed by atoms with Crippen LogP contribution in [0.15, 0.2) is 84.0 Å². The molecule has 158 valence electrons. The van der Waals surface area contributed by atoms with Crippen LogP contribution in [-0.4, -0.2) is 34.8 Å². The highest BCUT2D eigenvalue weighted by molar-refractivity contribution is 5.98. The number of hydrogen-bond donors (Lipinski definition) is 1. The molecule has 5 heteroatoms. The topological polar surface area (TPSA) is 62.1 Å². The number of oxime groups is 1. The molecule has 1 saturated heterocycles. The number of rotatable bonds is 8. The molecule has 0 aromatic heterocycles. The van der Waals surface area contributed by atoms with E-state index >= 15 is 0 Å². The Kier molecular flexibility index (Phi) is 6.43. The first-order valence-corrected chi connectivity index (χ1v) is 10.4. The monoisotopic (exact) mass is 414 g/mol. The molecule has 0 atom stereocenters. The van der Waals surface area contributed by atoms with Crippen molar-refractivity contribution in [1.29, 1.82) is 0 Å². The highest BCUT2D eigenvalue weighted by Crippen LogP contribution is 2.20. The van der Waals surface area contributed by atoms with Crippen molar-refractivity contribution >= 4 is 11.7 Å². The molecule has 0 bridgehead atoms. The molecule has 1 aliphatic heterocycles. The average Bonchev–Trinajstić information content (AvgIpc) is 2.77. The summed E-state index contributed by atoms with van der Waals surface area (Å²) in [7, 11) is 0. The van der Waals surface area contributed by atoms with Gasteiger partial charge in [0.1, 0.15) is 6.61 Å². The van der Waals surface area contributed by atoms with Crippen LogP contribution in [0.1, 0.15) is 23.6 Å². The van der Waals surface area contributed by atoms with Crippen molar-refractivity contribution < 1.29 is 14.7 Å². The zero-order valence-corrected chi connectivity index (χ0v) is 17.6. The molecule has 3 aromatic rings. The maximum absolute atomic E-state index is 10.9. The summed E-state index contributed by atoms with van der Waals surface area (Å²) in [6.45, 7) is 4.37. The zero-order chi connectivity index (χ0) is 21.6. The summed E-state index contributed by atoms with van der Waals surface area (Å²) < 4.78 is 0. The second-order valence-corrected chi connectivity index (χ2v) is 7.94. The van der Waals surface area contributed by atoms with Gasteiger partial charge in [0, 0.05) is 19.6 Å². The van der Waals surface area contributed by atoms with Crippen molar-refractivity contribution in [2.45, 2.75) is 20.1 Å². The lowest BCUT2D eigenvalue weighted by Crippen LogP contribution is -2.49. The van der Waals surface area contributed by atoms with Gasteiger partial charge in [0.05, 0.1) is 11.6 Å². The van der Waals surface area contributed by atoms with E-state index in [1.54, 1.807) is 0 Å². The summed E-state index contributed by atoms with van der Waals surface area (Å²) in [5, 5.41) is 13.2. The van der Waals surface area contributed by atoms with Crippen LogP contribution >= 0.6 is 0 Å². The Morgan fingerprint density at radius 2 is 1.55 bits per heavy atom. The van der Waals surface area contributed by atoms with E-state index in [2.05, 4.69) is 58.6 Å². The molecule has 0 amide bonds.